The van der Waals surface area contributed by atoms with Crippen molar-refractivity contribution in [3.05, 3.63) is 38.7 Å². The third-order valence-electron chi connectivity index (χ3n) is 2.94. The van der Waals surface area contributed by atoms with Crippen LogP contribution in [0.25, 0.3) is 0 Å². The molecular weight excluding hydrogens is 266 g/mol. The molecule has 18 heavy (non-hydrogen) atoms. The van der Waals surface area contributed by atoms with Crippen molar-refractivity contribution >= 4 is 34.3 Å². The topological polar surface area (TPSA) is 38.3 Å². The maximum atomic E-state index is 11.9. The van der Waals surface area contributed by atoms with Crippen LogP contribution in [0.2, 0.25) is 0 Å². The van der Waals surface area contributed by atoms with Gasteiger partial charge in [-0.3, -0.25) is 4.79 Å². The quantitative estimate of drug-likeness (QED) is 0.934. The first-order chi connectivity index (χ1) is 8.83. The monoisotopic (exact) mass is 279 g/mol. The molecule has 1 aliphatic rings. The molecule has 0 saturated heterocycles. The molecule has 1 aliphatic heterocycles. The Morgan fingerprint density at radius 1 is 1.44 bits per heavy atom. The molecule has 3 heterocycles. The fourth-order valence-corrected chi connectivity index (χ4v) is 3.68. The van der Waals surface area contributed by atoms with E-state index >= 15 is 0 Å². The molecule has 5 heteroatoms. The van der Waals surface area contributed by atoms with Crippen LogP contribution in [0.5, 0.6) is 0 Å². The van der Waals surface area contributed by atoms with Gasteiger partial charge in [0.25, 0.3) is 0 Å². The highest BCUT2D eigenvalue weighted by Crippen LogP contribution is 2.34. The van der Waals surface area contributed by atoms with Gasteiger partial charge in [-0.05, 0) is 34.9 Å². The predicted octanol–water partition coefficient (Wildman–Crippen LogP) is 3.45. The lowest BCUT2D eigenvalue weighted by atomic mass is 10.1. The Labute approximate surface area is 113 Å². The van der Waals surface area contributed by atoms with E-state index in [-0.39, 0.29) is 12.0 Å². The van der Waals surface area contributed by atoms with Crippen LogP contribution in [0.1, 0.15) is 23.0 Å². The summed E-state index contributed by atoms with van der Waals surface area (Å²) in [6.45, 7) is 0.708. The van der Waals surface area contributed by atoms with Crippen LogP contribution in [-0.4, -0.2) is 12.5 Å². The van der Waals surface area contributed by atoms with Gasteiger partial charge >= 0.3 is 0 Å². The molecule has 0 fully saturated rings. The van der Waals surface area contributed by atoms with Gasteiger partial charge in [-0.1, -0.05) is 0 Å². The number of nitrogens with one attached hydrogen (secondary N) is 1. The van der Waals surface area contributed by atoms with E-state index in [9.17, 15) is 4.79 Å². The number of amides is 1. The molecule has 0 spiro atoms. The van der Waals surface area contributed by atoms with E-state index in [0.717, 1.165) is 12.1 Å². The highest BCUT2D eigenvalue weighted by Gasteiger charge is 2.24. The van der Waals surface area contributed by atoms with Gasteiger partial charge in [-0.2, -0.15) is 11.3 Å². The lowest BCUT2D eigenvalue weighted by Crippen LogP contribution is -2.20. The molecule has 2 aromatic rings. The number of hydrogen-bond acceptors (Lipinski definition) is 4. The van der Waals surface area contributed by atoms with Crippen molar-refractivity contribution in [3.63, 3.8) is 0 Å². The normalized spacial score (nSPS) is 18.3. The lowest BCUT2D eigenvalue weighted by Gasteiger charge is -2.22. The third kappa shape index (κ3) is 2.48. The summed E-state index contributed by atoms with van der Waals surface area (Å²) in [7, 11) is 0. The Morgan fingerprint density at radius 2 is 2.39 bits per heavy atom. The second kappa shape index (κ2) is 5.22. The molecule has 0 aliphatic carbocycles. The minimum atomic E-state index is -0.0765. The molecule has 0 aromatic carbocycles. The number of anilines is 1. The Kier molecular flexibility index (Phi) is 3.45. The molecule has 1 atom stereocenters. The highest BCUT2D eigenvalue weighted by molar-refractivity contribution is 7.10. The third-order valence-corrected chi connectivity index (χ3v) is 4.67. The molecule has 3 nitrogen and oxygen atoms in total. The standard InChI is InChI=1S/C13H13NO2S2/c15-12(14-10-3-5-17-8-10)7-11-13-9(1-4-16-11)2-6-18-13/h2-3,5-6,8,11H,1,4,7H2,(H,14,15). The largest absolute Gasteiger partial charge is 0.372 e. The summed E-state index contributed by atoms with van der Waals surface area (Å²) in [6.07, 6.45) is 1.28. The van der Waals surface area contributed by atoms with Crippen LogP contribution in [0.3, 0.4) is 0 Å². The highest BCUT2D eigenvalue weighted by atomic mass is 32.1. The van der Waals surface area contributed by atoms with Gasteiger partial charge < -0.3 is 10.1 Å². The Morgan fingerprint density at radius 3 is 3.22 bits per heavy atom. The van der Waals surface area contributed by atoms with Crippen molar-refractivity contribution in [1.82, 2.24) is 0 Å². The second-order valence-corrected chi connectivity index (χ2v) is 5.91. The minimum Gasteiger partial charge on any atom is -0.372 e. The van der Waals surface area contributed by atoms with Crippen LogP contribution in [0.15, 0.2) is 28.3 Å². The van der Waals surface area contributed by atoms with Crippen molar-refractivity contribution in [1.29, 1.82) is 0 Å². The summed E-state index contributed by atoms with van der Waals surface area (Å²) >= 11 is 3.25. The first-order valence-electron chi connectivity index (χ1n) is 5.83. The molecule has 0 saturated carbocycles. The van der Waals surface area contributed by atoms with E-state index < -0.39 is 0 Å². The van der Waals surface area contributed by atoms with E-state index in [2.05, 4.69) is 16.8 Å². The van der Waals surface area contributed by atoms with Crippen LogP contribution < -0.4 is 5.32 Å². The van der Waals surface area contributed by atoms with Crippen molar-refractivity contribution in [2.24, 2.45) is 0 Å². The Bertz CT molecular complexity index is 533. The Hall–Kier alpha value is -1.17. The molecule has 2 aromatic heterocycles. The van der Waals surface area contributed by atoms with Crippen molar-refractivity contribution in [3.8, 4) is 0 Å². The van der Waals surface area contributed by atoms with E-state index in [0.29, 0.717) is 13.0 Å². The summed E-state index contributed by atoms with van der Waals surface area (Å²) in [5.41, 5.74) is 2.20. The zero-order valence-corrected chi connectivity index (χ0v) is 11.4. The molecule has 1 amide bonds. The van der Waals surface area contributed by atoms with E-state index in [4.69, 9.17) is 4.74 Å². The number of carbonyl (C=O) groups excluding carboxylic acids is 1. The number of hydrogen-bond donors (Lipinski definition) is 1. The summed E-state index contributed by atoms with van der Waals surface area (Å²) in [6, 6.07) is 4.03. The van der Waals surface area contributed by atoms with Gasteiger partial charge in [-0.15, -0.1) is 11.3 Å². The van der Waals surface area contributed by atoms with Crippen LogP contribution in [-0.2, 0) is 16.0 Å². The average Bonchev–Trinajstić information content (AvgIpc) is 2.99. The molecule has 0 bridgehead atoms. The molecule has 1 unspecified atom stereocenters. The Balaban J connectivity index is 1.66. The second-order valence-electron chi connectivity index (χ2n) is 4.18. The van der Waals surface area contributed by atoms with Gasteiger partial charge in [-0.25, -0.2) is 0 Å². The fraction of sp³-hybridized carbons (Fsp3) is 0.308. The number of carbonyl (C=O) groups is 1. The van der Waals surface area contributed by atoms with Crippen LogP contribution in [0, 0.1) is 0 Å². The van der Waals surface area contributed by atoms with Gasteiger partial charge in [0.15, 0.2) is 0 Å². The van der Waals surface area contributed by atoms with E-state index in [1.54, 1.807) is 22.7 Å². The molecular formula is C13H13NO2S2. The number of fused-ring (bicyclic) bond motifs is 1. The van der Waals surface area contributed by atoms with E-state index in [1.165, 1.54) is 10.4 Å². The van der Waals surface area contributed by atoms with Gasteiger partial charge in [0, 0.05) is 10.3 Å². The van der Waals surface area contributed by atoms with Gasteiger partial charge in [0.1, 0.15) is 6.10 Å². The summed E-state index contributed by atoms with van der Waals surface area (Å²) < 4.78 is 5.70. The van der Waals surface area contributed by atoms with Crippen molar-refractivity contribution < 1.29 is 9.53 Å². The lowest BCUT2D eigenvalue weighted by molar-refractivity contribution is -0.119. The summed E-state index contributed by atoms with van der Waals surface area (Å²) in [5, 5.41) is 8.84. The first kappa shape index (κ1) is 11.9. The van der Waals surface area contributed by atoms with Gasteiger partial charge in [0.2, 0.25) is 5.91 Å². The molecule has 1 N–H and O–H groups in total. The number of thiophene rings is 2. The molecule has 3 rings (SSSR count). The zero-order valence-electron chi connectivity index (χ0n) is 9.72. The fourth-order valence-electron chi connectivity index (χ4n) is 2.09. The first-order valence-corrected chi connectivity index (χ1v) is 7.65. The number of ether oxygens (including phenoxy) is 1. The van der Waals surface area contributed by atoms with Crippen LogP contribution in [0.4, 0.5) is 5.69 Å². The average molecular weight is 279 g/mol. The maximum Gasteiger partial charge on any atom is 0.227 e. The minimum absolute atomic E-state index is 0.0136. The van der Waals surface area contributed by atoms with Gasteiger partial charge in [0.05, 0.1) is 18.7 Å². The van der Waals surface area contributed by atoms with Crippen molar-refractivity contribution in [2.45, 2.75) is 18.9 Å². The smallest absolute Gasteiger partial charge is 0.227 e. The van der Waals surface area contributed by atoms with E-state index in [1.807, 2.05) is 16.8 Å². The zero-order chi connectivity index (χ0) is 12.4. The summed E-state index contributed by atoms with van der Waals surface area (Å²) in [4.78, 5) is 13.1. The molecule has 0 radical (unpaired) electrons. The number of rotatable bonds is 3. The predicted molar refractivity (Wildman–Crippen MR) is 74.3 cm³/mol. The van der Waals surface area contributed by atoms with Crippen LogP contribution >= 0.6 is 22.7 Å². The summed E-state index contributed by atoms with van der Waals surface area (Å²) in [5.74, 6) is 0.0136. The van der Waals surface area contributed by atoms with Crippen molar-refractivity contribution in [2.75, 3.05) is 11.9 Å². The maximum absolute atomic E-state index is 11.9. The SMILES string of the molecule is O=C(CC1OCCc2ccsc21)Nc1ccsc1. The molecule has 94 valence electrons.